The number of ether oxygens (including phenoxy) is 2. The monoisotopic (exact) mass is 442 g/mol. The number of nitrogens with one attached hydrogen (secondary N) is 1. The Morgan fingerprint density at radius 2 is 1.78 bits per heavy atom. The van der Waals surface area contributed by atoms with Gasteiger partial charge >= 0.3 is 0 Å². The van der Waals surface area contributed by atoms with Gasteiger partial charge in [0.1, 0.15) is 12.4 Å². The lowest BCUT2D eigenvalue weighted by molar-refractivity contribution is 0.0907. The molecule has 0 aliphatic rings. The molecule has 172 valence electrons. The van der Waals surface area contributed by atoms with Crippen LogP contribution in [-0.2, 0) is 17.6 Å². The standard InChI is InChI=1S/C23H30N4O5/c1-13-16(14(2)31-26-13)12-30-17-10-9-15(11-18(17)29-8)19(28)25-23(6,7)20-24-21(32-27-20)22(3,4)5/h9-11H,12H2,1-8H3,(H,25,28). The van der Waals surface area contributed by atoms with Gasteiger partial charge in [-0.25, -0.2) is 0 Å². The third-order valence-electron chi connectivity index (χ3n) is 5.03. The molecule has 0 bridgehead atoms. The van der Waals surface area contributed by atoms with Gasteiger partial charge in [-0.1, -0.05) is 31.1 Å². The molecular formula is C23H30N4O5. The van der Waals surface area contributed by atoms with Crippen molar-refractivity contribution >= 4 is 5.91 Å². The number of methoxy groups -OCH3 is 1. The van der Waals surface area contributed by atoms with E-state index in [0.717, 1.165) is 11.3 Å². The minimum atomic E-state index is -0.837. The summed E-state index contributed by atoms with van der Waals surface area (Å²) in [5.74, 6) is 2.27. The summed E-state index contributed by atoms with van der Waals surface area (Å²) >= 11 is 0. The van der Waals surface area contributed by atoms with Crippen LogP contribution in [0, 0.1) is 13.8 Å². The van der Waals surface area contributed by atoms with E-state index < -0.39 is 5.54 Å². The van der Waals surface area contributed by atoms with Gasteiger partial charge in [0.2, 0.25) is 5.89 Å². The minimum absolute atomic E-state index is 0.280. The Morgan fingerprint density at radius 1 is 1.06 bits per heavy atom. The highest BCUT2D eigenvalue weighted by molar-refractivity contribution is 5.95. The maximum atomic E-state index is 12.9. The van der Waals surface area contributed by atoms with Gasteiger partial charge in [-0.2, -0.15) is 4.98 Å². The molecule has 0 fully saturated rings. The molecule has 2 heterocycles. The van der Waals surface area contributed by atoms with Crippen LogP contribution in [0.25, 0.3) is 0 Å². The van der Waals surface area contributed by atoms with E-state index >= 15 is 0 Å². The Balaban J connectivity index is 1.74. The summed E-state index contributed by atoms with van der Waals surface area (Å²) in [4.78, 5) is 17.4. The quantitative estimate of drug-likeness (QED) is 0.579. The molecule has 3 aromatic rings. The number of carbonyl (C=O) groups excluding carboxylic acids is 1. The second-order valence-electron chi connectivity index (χ2n) is 9.21. The van der Waals surface area contributed by atoms with E-state index in [-0.39, 0.29) is 17.9 Å². The van der Waals surface area contributed by atoms with Gasteiger partial charge in [-0.15, -0.1) is 0 Å². The molecule has 0 radical (unpaired) electrons. The number of benzene rings is 1. The van der Waals surface area contributed by atoms with E-state index in [1.165, 1.54) is 7.11 Å². The molecule has 0 aliphatic heterocycles. The first kappa shape index (κ1) is 23.3. The van der Waals surface area contributed by atoms with Crippen LogP contribution in [-0.4, -0.2) is 28.3 Å². The largest absolute Gasteiger partial charge is 0.493 e. The molecule has 3 rings (SSSR count). The van der Waals surface area contributed by atoms with Crippen LogP contribution in [0.4, 0.5) is 0 Å². The van der Waals surface area contributed by atoms with Gasteiger partial charge in [0.05, 0.1) is 23.9 Å². The van der Waals surface area contributed by atoms with Crippen molar-refractivity contribution in [2.45, 2.75) is 66.0 Å². The second-order valence-corrected chi connectivity index (χ2v) is 9.21. The number of carbonyl (C=O) groups is 1. The Labute approximate surface area is 187 Å². The molecule has 0 unspecified atom stereocenters. The number of hydrogen-bond acceptors (Lipinski definition) is 8. The molecule has 0 saturated heterocycles. The SMILES string of the molecule is COc1cc(C(=O)NC(C)(C)c2noc(C(C)(C)C)n2)ccc1OCc1c(C)noc1C. The topological polar surface area (TPSA) is 113 Å². The number of aryl methyl sites for hydroxylation is 2. The summed E-state index contributed by atoms with van der Waals surface area (Å²) in [5, 5.41) is 10.9. The predicted molar refractivity (Wildman–Crippen MR) is 117 cm³/mol. The van der Waals surface area contributed by atoms with E-state index in [1.807, 2.05) is 48.5 Å². The summed E-state index contributed by atoms with van der Waals surface area (Å²) < 4.78 is 21.9. The second kappa shape index (κ2) is 8.64. The van der Waals surface area contributed by atoms with Gasteiger partial charge in [-0.05, 0) is 45.9 Å². The summed E-state index contributed by atoms with van der Waals surface area (Å²) in [7, 11) is 1.52. The molecule has 1 aromatic carbocycles. The van der Waals surface area contributed by atoms with E-state index in [0.29, 0.717) is 34.5 Å². The Morgan fingerprint density at radius 3 is 2.34 bits per heavy atom. The van der Waals surface area contributed by atoms with Gasteiger partial charge in [0, 0.05) is 11.0 Å². The van der Waals surface area contributed by atoms with Gasteiger partial charge < -0.3 is 23.8 Å². The number of aromatic nitrogens is 3. The molecule has 9 heteroatoms. The van der Waals surface area contributed by atoms with E-state index in [2.05, 4.69) is 20.6 Å². The van der Waals surface area contributed by atoms with Gasteiger partial charge in [0.15, 0.2) is 17.3 Å². The average Bonchev–Trinajstić information content (AvgIpc) is 3.34. The van der Waals surface area contributed by atoms with Crippen molar-refractivity contribution in [1.29, 1.82) is 0 Å². The minimum Gasteiger partial charge on any atom is -0.493 e. The normalized spacial score (nSPS) is 12.0. The summed E-state index contributed by atoms with van der Waals surface area (Å²) in [6.45, 7) is 13.6. The Hall–Kier alpha value is -3.36. The Kier molecular flexibility index (Phi) is 6.29. The molecule has 0 aliphatic carbocycles. The smallest absolute Gasteiger partial charge is 0.252 e. The lowest BCUT2D eigenvalue weighted by Crippen LogP contribution is -2.42. The van der Waals surface area contributed by atoms with Crippen molar-refractivity contribution in [3.63, 3.8) is 0 Å². The average molecular weight is 443 g/mol. The molecule has 0 atom stereocenters. The van der Waals surface area contributed by atoms with Crippen LogP contribution in [0.5, 0.6) is 11.5 Å². The fourth-order valence-corrected chi connectivity index (χ4v) is 2.98. The van der Waals surface area contributed by atoms with Crippen molar-refractivity contribution in [2.75, 3.05) is 7.11 Å². The van der Waals surface area contributed by atoms with Gasteiger partial charge in [-0.3, -0.25) is 4.79 Å². The molecule has 0 saturated carbocycles. The van der Waals surface area contributed by atoms with Crippen LogP contribution in [0.3, 0.4) is 0 Å². The summed E-state index contributed by atoms with van der Waals surface area (Å²) in [5.41, 5.74) is 0.953. The zero-order valence-corrected chi connectivity index (χ0v) is 19.8. The van der Waals surface area contributed by atoms with E-state index in [1.54, 1.807) is 18.2 Å². The predicted octanol–water partition coefficient (Wildman–Crippen LogP) is 4.22. The molecule has 0 spiro atoms. The molecular weight excluding hydrogens is 412 g/mol. The van der Waals surface area contributed by atoms with E-state index in [9.17, 15) is 4.79 Å². The van der Waals surface area contributed by atoms with Crippen LogP contribution >= 0.6 is 0 Å². The third kappa shape index (κ3) is 4.92. The highest BCUT2D eigenvalue weighted by Crippen LogP contribution is 2.30. The van der Waals surface area contributed by atoms with Crippen molar-refractivity contribution in [1.82, 2.24) is 20.6 Å². The van der Waals surface area contributed by atoms with Gasteiger partial charge in [0.25, 0.3) is 5.91 Å². The lowest BCUT2D eigenvalue weighted by Gasteiger charge is -2.23. The van der Waals surface area contributed by atoms with Crippen molar-refractivity contribution in [3.8, 4) is 11.5 Å². The highest BCUT2D eigenvalue weighted by atomic mass is 16.5. The number of amides is 1. The molecule has 2 aromatic heterocycles. The first-order chi connectivity index (χ1) is 14.9. The van der Waals surface area contributed by atoms with Crippen molar-refractivity contribution < 1.29 is 23.3 Å². The lowest BCUT2D eigenvalue weighted by atomic mass is 9.96. The first-order valence-corrected chi connectivity index (χ1v) is 10.3. The highest BCUT2D eigenvalue weighted by Gasteiger charge is 2.32. The van der Waals surface area contributed by atoms with Crippen LogP contribution in [0.15, 0.2) is 27.2 Å². The van der Waals surface area contributed by atoms with Crippen molar-refractivity contribution in [2.24, 2.45) is 0 Å². The Bertz CT molecular complexity index is 1090. The maximum absolute atomic E-state index is 12.9. The zero-order valence-electron chi connectivity index (χ0n) is 19.8. The summed E-state index contributed by atoms with van der Waals surface area (Å²) in [6, 6.07) is 5.00. The number of rotatable bonds is 7. The zero-order chi connectivity index (χ0) is 23.7. The molecule has 32 heavy (non-hydrogen) atoms. The molecule has 9 nitrogen and oxygen atoms in total. The van der Waals surface area contributed by atoms with E-state index in [4.69, 9.17) is 18.5 Å². The van der Waals surface area contributed by atoms with Crippen LogP contribution in [0.2, 0.25) is 0 Å². The fourth-order valence-electron chi connectivity index (χ4n) is 2.98. The summed E-state index contributed by atoms with van der Waals surface area (Å²) in [6.07, 6.45) is 0. The third-order valence-corrected chi connectivity index (χ3v) is 5.03. The number of hydrogen-bond donors (Lipinski definition) is 1. The van der Waals surface area contributed by atoms with Crippen molar-refractivity contribution in [3.05, 3.63) is 52.5 Å². The first-order valence-electron chi connectivity index (χ1n) is 10.3. The van der Waals surface area contributed by atoms with Crippen LogP contribution in [0.1, 0.15) is 73.7 Å². The molecule has 1 amide bonds. The maximum Gasteiger partial charge on any atom is 0.252 e. The fraction of sp³-hybridized carbons (Fsp3) is 0.478. The van der Waals surface area contributed by atoms with Crippen LogP contribution < -0.4 is 14.8 Å². The number of nitrogens with zero attached hydrogens (tertiary/aromatic N) is 3. The molecule has 1 N–H and O–H groups in total.